The second-order valence-corrected chi connectivity index (χ2v) is 5.94. The molecule has 1 fully saturated rings. The van der Waals surface area contributed by atoms with Gasteiger partial charge in [-0.25, -0.2) is 0 Å². The molecule has 0 atom stereocenters. The Labute approximate surface area is 121 Å². The summed E-state index contributed by atoms with van der Waals surface area (Å²) < 4.78 is 0. The summed E-state index contributed by atoms with van der Waals surface area (Å²) in [6.45, 7) is 4.42. The summed E-state index contributed by atoms with van der Waals surface area (Å²) in [5, 5.41) is 7.44. The summed E-state index contributed by atoms with van der Waals surface area (Å²) in [7, 11) is 4.29. The Kier molecular flexibility index (Phi) is 5.09. The summed E-state index contributed by atoms with van der Waals surface area (Å²) in [5.41, 5.74) is 7.25. The van der Waals surface area contributed by atoms with Gasteiger partial charge in [-0.2, -0.15) is 0 Å². The molecule has 0 unspecified atom stereocenters. The number of nitrogens with two attached hydrogens (primary N) is 1. The first-order chi connectivity index (χ1) is 9.54. The molecule has 110 valence electrons. The fraction of sp³-hybridized carbons (Fsp3) is 0.600. The number of hydrogen-bond donors (Lipinski definition) is 2. The van der Waals surface area contributed by atoms with Crippen molar-refractivity contribution in [1.82, 2.24) is 14.8 Å². The molecule has 0 aliphatic carbocycles. The highest BCUT2D eigenvalue weighted by atomic mass is 15.1. The number of aromatic nitrogens is 1. The van der Waals surface area contributed by atoms with Crippen LogP contribution < -0.4 is 5.73 Å². The molecule has 0 amide bonds. The van der Waals surface area contributed by atoms with Gasteiger partial charge >= 0.3 is 0 Å². The van der Waals surface area contributed by atoms with E-state index in [0.29, 0.717) is 5.69 Å². The van der Waals surface area contributed by atoms with Crippen molar-refractivity contribution in [3.05, 3.63) is 29.6 Å². The summed E-state index contributed by atoms with van der Waals surface area (Å²) in [6.07, 6.45) is 4.27. The maximum absolute atomic E-state index is 7.44. The first-order valence-corrected chi connectivity index (χ1v) is 7.21. The molecule has 1 aromatic heterocycles. The van der Waals surface area contributed by atoms with E-state index in [2.05, 4.69) is 28.9 Å². The van der Waals surface area contributed by atoms with Crippen LogP contribution in [0.5, 0.6) is 0 Å². The Morgan fingerprint density at radius 3 is 2.75 bits per heavy atom. The van der Waals surface area contributed by atoms with Gasteiger partial charge in [0.05, 0.1) is 0 Å². The van der Waals surface area contributed by atoms with Crippen LogP contribution in [0.4, 0.5) is 0 Å². The molecule has 0 aromatic carbocycles. The zero-order valence-corrected chi connectivity index (χ0v) is 12.5. The van der Waals surface area contributed by atoms with Gasteiger partial charge in [0, 0.05) is 19.3 Å². The molecule has 0 radical (unpaired) electrons. The van der Waals surface area contributed by atoms with Crippen LogP contribution in [-0.2, 0) is 6.54 Å². The fourth-order valence-corrected chi connectivity index (χ4v) is 2.82. The molecule has 0 saturated carbocycles. The smallest absolute Gasteiger partial charge is 0.141 e. The second-order valence-electron chi connectivity index (χ2n) is 5.94. The zero-order valence-electron chi connectivity index (χ0n) is 12.5. The number of likely N-dealkylation sites (tertiary alicyclic amines) is 1. The van der Waals surface area contributed by atoms with Crippen LogP contribution in [0.3, 0.4) is 0 Å². The molecule has 5 nitrogen and oxygen atoms in total. The number of rotatable bonds is 5. The van der Waals surface area contributed by atoms with Gasteiger partial charge in [-0.3, -0.25) is 15.3 Å². The van der Waals surface area contributed by atoms with Crippen molar-refractivity contribution >= 4 is 5.84 Å². The first-order valence-electron chi connectivity index (χ1n) is 7.21. The molecule has 1 aliphatic heterocycles. The lowest BCUT2D eigenvalue weighted by Gasteiger charge is -2.33. The second kappa shape index (κ2) is 6.81. The summed E-state index contributed by atoms with van der Waals surface area (Å²) >= 11 is 0. The predicted octanol–water partition coefficient (Wildman–Crippen LogP) is 1.14. The average molecular weight is 275 g/mol. The van der Waals surface area contributed by atoms with E-state index in [9.17, 15) is 0 Å². The number of nitrogens with one attached hydrogen (secondary N) is 1. The molecule has 2 rings (SSSR count). The maximum Gasteiger partial charge on any atom is 0.141 e. The Bertz CT molecular complexity index is 449. The van der Waals surface area contributed by atoms with Gasteiger partial charge in [0.1, 0.15) is 11.5 Å². The third kappa shape index (κ3) is 4.28. The number of nitrogens with zero attached hydrogens (tertiary/aromatic N) is 3. The van der Waals surface area contributed by atoms with Crippen LogP contribution in [0.25, 0.3) is 0 Å². The van der Waals surface area contributed by atoms with Crippen molar-refractivity contribution in [2.75, 3.05) is 33.7 Å². The largest absolute Gasteiger partial charge is 0.382 e. The summed E-state index contributed by atoms with van der Waals surface area (Å²) in [4.78, 5) is 8.86. The van der Waals surface area contributed by atoms with E-state index in [4.69, 9.17) is 11.1 Å². The number of hydrogen-bond acceptors (Lipinski definition) is 4. The quantitative estimate of drug-likeness (QED) is 0.624. The SMILES string of the molecule is CN(C)CC1CCN(Cc2ccnc(C(=N)N)c2)CC1. The van der Waals surface area contributed by atoms with Gasteiger partial charge < -0.3 is 10.6 Å². The minimum absolute atomic E-state index is 0.0385. The molecule has 5 heteroatoms. The van der Waals surface area contributed by atoms with E-state index < -0.39 is 0 Å². The fourth-order valence-electron chi connectivity index (χ4n) is 2.82. The molecule has 0 bridgehead atoms. The molecule has 2 heterocycles. The van der Waals surface area contributed by atoms with Crippen LogP contribution >= 0.6 is 0 Å². The van der Waals surface area contributed by atoms with E-state index >= 15 is 0 Å². The highest BCUT2D eigenvalue weighted by molar-refractivity contribution is 5.93. The van der Waals surface area contributed by atoms with Crippen LogP contribution in [0.15, 0.2) is 18.3 Å². The summed E-state index contributed by atoms with van der Waals surface area (Å²) in [6, 6.07) is 3.94. The zero-order chi connectivity index (χ0) is 14.5. The minimum Gasteiger partial charge on any atom is -0.382 e. The molecule has 1 aliphatic rings. The van der Waals surface area contributed by atoms with E-state index in [1.165, 1.54) is 24.9 Å². The molecule has 1 saturated heterocycles. The van der Waals surface area contributed by atoms with Gasteiger partial charge in [0.15, 0.2) is 0 Å². The third-order valence-electron chi connectivity index (χ3n) is 3.84. The number of nitrogen functional groups attached to an aromatic ring is 1. The van der Waals surface area contributed by atoms with Gasteiger partial charge in [-0.1, -0.05) is 0 Å². The first kappa shape index (κ1) is 14.9. The molecule has 0 spiro atoms. The Balaban J connectivity index is 1.86. The van der Waals surface area contributed by atoms with E-state index in [-0.39, 0.29) is 5.84 Å². The van der Waals surface area contributed by atoms with E-state index in [0.717, 1.165) is 25.6 Å². The molecule has 20 heavy (non-hydrogen) atoms. The van der Waals surface area contributed by atoms with Gasteiger partial charge in [0.25, 0.3) is 0 Å². The van der Waals surface area contributed by atoms with Crippen molar-refractivity contribution in [2.24, 2.45) is 11.7 Å². The maximum atomic E-state index is 7.44. The normalized spacial score (nSPS) is 17.6. The van der Waals surface area contributed by atoms with Gasteiger partial charge in [0.2, 0.25) is 0 Å². The van der Waals surface area contributed by atoms with Crippen molar-refractivity contribution < 1.29 is 0 Å². The van der Waals surface area contributed by atoms with E-state index in [1.807, 2.05) is 12.1 Å². The predicted molar refractivity (Wildman–Crippen MR) is 81.8 cm³/mol. The Morgan fingerprint density at radius 2 is 2.15 bits per heavy atom. The van der Waals surface area contributed by atoms with Crippen LogP contribution in [-0.4, -0.2) is 54.3 Å². The van der Waals surface area contributed by atoms with Crippen molar-refractivity contribution in [3.8, 4) is 0 Å². The average Bonchev–Trinajstić information content (AvgIpc) is 2.41. The lowest BCUT2D eigenvalue weighted by atomic mass is 9.96. The highest BCUT2D eigenvalue weighted by Gasteiger charge is 2.19. The lowest BCUT2D eigenvalue weighted by Crippen LogP contribution is -2.36. The molecule has 1 aromatic rings. The number of piperidine rings is 1. The molecular weight excluding hydrogens is 250 g/mol. The third-order valence-corrected chi connectivity index (χ3v) is 3.84. The van der Waals surface area contributed by atoms with Crippen molar-refractivity contribution in [2.45, 2.75) is 19.4 Å². The van der Waals surface area contributed by atoms with E-state index in [1.54, 1.807) is 6.20 Å². The van der Waals surface area contributed by atoms with Gasteiger partial charge in [-0.15, -0.1) is 0 Å². The van der Waals surface area contributed by atoms with Crippen molar-refractivity contribution in [1.29, 1.82) is 5.41 Å². The highest BCUT2D eigenvalue weighted by Crippen LogP contribution is 2.19. The van der Waals surface area contributed by atoms with Gasteiger partial charge in [-0.05, 0) is 63.6 Å². The van der Waals surface area contributed by atoms with Crippen molar-refractivity contribution in [3.63, 3.8) is 0 Å². The topological polar surface area (TPSA) is 69.2 Å². The Hall–Kier alpha value is -1.46. The lowest BCUT2D eigenvalue weighted by molar-refractivity contribution is 0.157. The summed E-state index contributed by atoms with van der Waals surface area (Å²) in [5.74, 6) is 0.864. The molecule has 3 N–H and O–H groups in total. The van der Waals surface area contributed by atoms with Crippen LogP contribution in [0, 0.1) is 11.3 Å². The van der Waals surface area contributed by atoms with Crippen LogP contribution in [0.1, 0.15) is 24.1 Å². The minimum atomic E-state index is 0.0385. The van der Waals surface area contributed by atoms with Crippen LogP contribution in [0.2, 0.25) is 0 Å². The monoisotopic (exact) mass is 275 g/mol. The number of amidine groups is 1. The molecular formula is C15H25N5. The number of pyridine rings is 1. The Morgan fingerprint density at radius 1 is 1.45 bits per heavy atom. The standard InChI is InChI=1S/C15H25N5/c1-19(2)10-12-4-7-20(8-5-12)11-13-3-6-18-14(9-13)15(16)17/h3,6,9,12H,4-5,7-8,10-11H2,1-2H3,(H3,16,17).